The Bertz CT molecular complexity index is 2470. The number of rotatable bonds is 14. The number of allylic oxidation sites excluding steroid dienone is 1. The van der Waals surface area contributed by atoms with Crippen LogP contribution in [0.5, 0.6) is 23.0 Å². The molecule has 2 aliphatic rings. The first-order valence-corrected chi connectivity index (χ1v) is 18.8. The summed E-state index contributed by atoms with van der Waals surface area (Å²) in [4.78, 5) is 71.5. The fourth-order valence-corrected chi connectivity index (χ4v) is 7.25. The van der Waals surface area contributed by atoms with E-state index in [9.17, 15) is 24.0 Å². The average molecular weight is 815 g/mol. The van der Waals surface area contributed by atoms with Crippen LogP contribution in [0, 0.1) is 6.92 Å². The quantitative estimate of drug-likeness (QED) is 0.0647. The Morgan fingerprint density at radius 3 is 1.42 bits per heavy atom. The second-order valence-corrected chi connectivity index (χ2v) is 14.1. The number of β-lactam (4-membered cyclic amide) rings is 2. The Hall–Kier alpha value is -7.35. The monoisotopic (exact) mass is 814 g/mol. The number of ether oxygens (including phenoxy) is 6. The highest BCUT2D eigenvalue weighted by Gasteiger charge is 2.56. The summed E-state index contributed by atoms with van der Waals surface area (Å²) in [6.07, 6.45) is -1.19. The summed E-state index contributed by atoms with van der Waals surface area (Å²) < 4.78 is 38.7. The van der Waals surface area contributed by atoms with E-state index in [0.29, 0.717) is 56.8 Å². The van der Waals surface area contributed by atoms with E-state index in [1.54, 1.807) is 106 Å². The Morgan fingerprint density at radius 2 is 0.967 bits per heavy atom. The molecule has 0 spiro atoms. The van der Waals surface area contributed by atoms with Crippen LogP contribution in [0.25, 0.3) is 5.57 Å². The van der Waals surface area contributed by atoms with Crippen molar-refractivity contribution in [3.63, 3.8) is 0 Å². The number of carbonyl (C=O) groups is 5. The zero-order valence-electron chi connectivity index (χ0n) is 33.9. The number of nitrogens with zero attached hydrogens (tertiary/aromatic N) is 2. The van der Waals surface area contributed by atoms with Crippen molar-refractivity contribution in [1.29, 1.82) is 0 Å². The highest BCUT2D eigenvalue weighted by atomic mass is 16.6. The zero-order valence-corrected chi connectivity index (χ0v) is 33.9. The normalized spacial score (nSPS) is 18.7. The molecule has 2 fully saturated rings. The minimum Gasteiger partial charge on any atom is -0.497 e. The van der Waals surface area contributed by atoms with Gasteiger partial charge in [0.1, 0.15) is 40.8 Å². The lowest BCUT2D eigenvalue weighted by Gasteiger charge is -2.45. The van der Waals surface area contributed by atoms with Gasteiger partial charge >= 0.3 is 11.9 Å². The number of amides is 2. The van der Waals surface area contributed by atoms with E-state index >= 15 is 0 Å². The fraction of sp³-hybridized carbons (Fsp3) is 0.239. The number of ketones is 1. The maximum atomic E-state index is 14.6. The number of hydrogen-bond donors (Lipinski definition) is 0. The third kappa shape index (κ3) is 7.43. The molecule has 0 N–H and O–H groups in total. The van der Waals surface area contributed by atoms with Gasteiger partial charge in [-0.15, -0.1) is 0 Å². The number of benzene rings is 4. The molecule has 4 atom stereocenters. The Labute approximate surface area is 345 Å². The van der Waals surface area contributed by atoms with Crippen LogP contribution in [0.4, 0.5) is 11.4 Å². The van der Waals surface area contributed by atoms with Crippen molar-refractivity contribution < 1.29 is 56.8 Å². The summed E-state index contributed by atoms with van der Waals surface area (Å²) in [5, 5.41) is 0. The van der Waals surface area contributed by atoms with Gasteiger partial charge in [-0.25, -0.2) is 9.59 Å². The first kappa shape index (κ1) is 40.8. The molecule has 0 bridgehead atoms. The molecule has 0 saturated carbocycles. The molecular formula is C46H42N2O12. The predicted octanol–water partition coefficient (Wildman–Crippen LogP) is 6.94. The number of methoxy groups -OCH3 is 4. The molecule has 308 valence electrons. The van der Waals surface area contributed by atoms with Gasteiger partial charge in [0.05, 0.1) is 45.8 Å². The first-order valence-electron chi connectivity index (χ1n) is 18.8. The molecule has 2 aliphatic heterocycles. The van der Waals surface area contributed by atoms with E-state index in [1.165, 1.54) is 56.6 Å². The number of anilines is 2. The van der Waals surface area contributed by atoms with Crippen LogP contribution in [0.1, 0.15) is 57.5 Å². The van der Waals surface area contributed by atoms with Crippen LogP contribution < -0.4 is 28.7 Å². The van der Waals surface area contributed by atoms with E-state index in [0.717, 1.165) is 0 Å². The molecule has 0 aliphatic carbocycles. The van der Waals surface area contributed by atoms with Crippen molar-refractivity contribution in [2.24, 2.45) is 0 Å². The number of Topliss-reactive ketones (excluding diaryl/α,β-unsaturated/α-hetero) is 1. The minimum atomic E-state index is -1.42. The molecule has 3 heterocycles. The van der Waals surface area contributed by atoms with Crippen molar-refractivity contribution in [2.75, 3.05) is 38.2 Å². The maximum Gasteiger partial charge on any atom is 0.339 e. The van der Waals surface area contributed by atoms with Gasteiger partial charge in [0.2, 0.25) is 12.2 Å². The Kier molecular flexibility index (Phi) is 11.5. The average Bonchev–Trinajstić information content (AvgIpc) is 3.66. The standard InChI is InChI=1S/C46H42N2O12/c1-25(26(2)39(49)37-41(59-45(52)28-8-16-32(54-4)17-9-28)43(50)47(37)30-12-20-34(56-6)21-13-30)36-24-58-40(27(36)3)38-42(60-46(53)29-10-18-33(55-5)19-11-29)44(51)48(38)31-14-22-35(57-7)23-15-31/h8-24,37-38,41-42H,1-7H3/b26-25+/t37-,38-,41+,42+/m0/s1. The molecule has 0 unspecified atom stereocenters. The van der Waals surface area contributed by atoms with Crippen molar-refractivity contribution in [1.82, 2.24) is 0 Å². The first-order chi connectivity index (χ1) is 28.9. The number of carbonyl (C=O) groups excluding carboxylic acids is 5. The van der Waals surface area contributed by atoms with Gasteiger partial charge in [-0.3, -0.25) is 24.2 Å². The predicted molar refractivity (Wildman–Crippen MR) is 219 cm³/mol. The van der Waals surface area contributed by atoms with E-state index < -0.39 is 53.8 Å². The lowest BCUT2D eigenvalue weighted by Crippen LogP contribution is -2.69. The summed E-state index contributed by atoms with van der Waals surface area (Å²) in [5.74, 6) is -0.463. The molecule has 7 rings (SSSR count). The van der Waals surface area contributed by atoms with E-state index in [1.807, 2.05) is 0 Å². The number of esters is 2. The van der Waals surface area contributed by atoms with Crippen molar-refractivity contribution in [2.45, 2.75) is 45.1 Å². The smallest absolute Gasteiger partial charge is 0.339 e. The molecule has 60 heavy (non-hydrogen) atoms. The van der Waals surface area contributed by atoms with Gasteiger partial charge in [-0.2, -0.15) is 0 Å². The van der Waals surface area contributed by atoms with Crippen molar-refractivity contribution in [3.05, 3.63) is 137 Å². The maximum absolute atomic E-state index is 14.6. The second kappa shape index (κ2) is 16.9. The van der Waals surface area contributed by atoms with Gasteiger partial charge in [-0.05, 0) is 129 Å². The molecule has 4 aromatic carbocycles. The molecule has 14 nitrogen and oxygen atoms in total. The highest BCUT2D eigenvalue weighted by Crippen LogP contribution is 2.45. The molecule has 1 aromatic heterocycles. The van der Waals surface area contributed by atoms with Gasteiger partial charge in [0.15, 0.2) is 5.78 Å². The van der Waals surface area contributed by atoms with Crippen LogP contribution in [0.2, 0.25) is 0 Å². The molecule has 2 amide bonds. The van der Waals surface area contributed by atoms with Gasteiger partial charge in [0.25, 0.3) is 11.8 Å². The molecular weight excluding hydrogens is 773 g/mol. The highest BCUT2D eigenvalue weighted by molar-refractivity contribution is 6.20. The van der Waals surface area contributed by atoms with Gasteiger partial charge in [-0.1, -0.05) is 0 Å². The van der Waals surface area contributed by atoms with Crippen LogP contribution >= 0.6 is 0 Å². The third-order valence-electron chi connectivity index (χ3n) is 10.9. The Morgan fingerprint density at radius 1 is 0.567 bits per heavy atom. The van der Waals surface area contributed by atoms with Gasteiger partial charge < -0.3 is 32.8 Å². The van der Waals surface area contributed by atoms with E-state index in [4.69, 9.17) is 32.8 Å². The van der Waals surface area contributed by atoms with Crippen molar-refractivity contribution >= 4 is 46.5 Å². The largest absolute Gasteiger partial charge is 0.497 e. The zero-order chi connectivity index (χ0) is 42.8. The summed E-state index contributed by atoms with van der Waals surface area (Å²) in [5.41, 5.74) is 3.23. The summed E-state index contributed by atoms with van der Waals surface area (Å²) in [7, 11) is 6.06. The third-order valence-corrected chi connectivity index (χ3v) is 10.9. The molecule has 0 radical (unpaired) electrons. The molecule has 5 aromatic rings. The summed E-state index contributed by atoms with van der Waals surface area (Å²) in [6.45, 7) is 5.14. The molecule has 2 saturated heterocycles. The fourth-order valence-electron chi connectivity index (χ4n) is 7.25. The Balaban J connectivity index is 1.21. The van der Waals surface area contributed by atoms with Crippen LogP contribution in [-0.2, 0) is 23.9 Å². The molecule has 14 heteroatoms. The van der Waals surface area contributed by atoms with Crippen LogP contribution in [0.15, 0.2) is 113 Å². The summed E-state index contributed by atoms with van der Waals surface area (Å²) >= 11 is 0. The van der Waals surface area contributed by atoms with Crippen LogP contribution in [-0.4, -0.2) is 76.2 Å². The lowest BCUT2D eigenvalue weighted by molar-refractivity contribution is -0.143. The van der Waals surface area contributed by atoms with Crippen LogP contribution in [0.3, 0.4) is 0 Å². The number of furan rings is 1. The van der Waals surface area contributed by atoms with E-state index in [-0.39, 0.29) is 16.7 Å². The van der Waals surface area contributed by atoms with Gasteiger partial charge in [0, 0.05) is 22.5 Å². The number of hydrogen-bond acceptors (Lipinski definition) is 12. The topological polar surface area (TPSA) is 160 Å². The lowest BCUT2D eigenvalue weighted by atomic mass is 9.86. The van der Waals surface area contributed by atoms with E-state index in [2.05, 4.69) is 0 Å². The second-order valence-electron chi connectivity index (χ2n) is 14.1. The minimum absolute atomic E-state index is 0.175. The SMILES string of the molecule is COc1ccc(C(=O)O[C@H]2C(=O)N(c3ccc(OC)cc3)[C@H]2C(=O)/C(C)=C(\C)c2coc([C@H]3[C@@H](OC(=O)c4ccc(OC)cc4)C(=O)N3c3ccc(OC)cc3)c2C)cc1. The summed E-state index contributed by atoms with van der Waals surface area (Å²) in [6, 6.07) is 23.9. The van der Waals surface area contributed by atoms with Crippen molar-refractivity contribution in [3.8, 4) is 23.0 Å².